The molecule has 0 N–H and O–H groups in total. The second-order valence-electron chi connectivity index (χ2n) is 3.04. The molecule has 0 fully saturated rings. The van der Waals surface area contributed by atoms with Crippen LogP contribution in [-0.4, -0.2) is 9.97 Å². The Hall–Kier alpha value is -1.48. The number of aromatic nitrogens is 2. The van der Waals surface area contributed by atoms with Crippen LogP contribution in [0.25, 0.3) is 11.4 Å². The summed E-state index contributed by atoms with van der Waals surface area (Å²) in [5.74, 6) is 0.704. The predicted molar refractivity (Wildman–Crippen MR) is 57.8 cm³/mol. The highest BCUT2D eigenvalue weighted by molar-refractivity contribution is 7.58. The van der Waals surface area contributed by atoms with Crippen LogP contribution < -0.4 is 0 Å². The summed E-state index contributed by atoms with van der Waals surface area (Å²) in [4.78, 5) is 8.53. The van der Waals surface area contributed by atoms with Gasteiger partial charge in [0, 0.05) is 11.3 Å². The number of nitrogens with zero attached hydrogens (tertiary/aromatic N) is 2. The van der Waals surface area contributed by atoms with Gasteiger partial charge in [-0.3, -0.25) is 4.98 Å². The minimum atomic E-state index is 0.594. The Kier molecular flexibility index (Phi) is 2.41. The molecule has 1 aromatic heterocycles. The molecule has 2 nitrogen and oxygen atoms in total. The Morgan fingerprint density at radius 3 is 2.43 bits per heavy atom. The van der Waals surface area contributed by atoms with Crippen LogP contribution in [0.3, 0.4) is 0 Å². The molecule has 0 spiro atoms. The van der Waals surface area contributed by atoms with E-state index >= 15 is 0 Å². The van der Waals surface area contributed by atoms with Crippen LogP contribution in [0.5, 0.6) is 0 Å². The van der Waals surface area contributed by atoms with Crippen molar-refractivity contribution in [3.8, 4) is 11.4 Å². The molecule has 0 aliphatic heterocycles. The second-order valence-corrected chi connectivity index (χ2v) is 3.46. The van der Waals surface area contributed by atoms with Crippen molar-refractivity contribution < 1.29 is 0 Å². The van der Waals surface area contributed by atoms with Gasteiger partial charge >= 0.3 is 0 Å². The summed E-state index contributed by atoms with van der Waals surface area (Å²) in [6.45, 7) is 1.92. The van der Waals surface area contributed by atoms with Crippen LogP contribution in [0.1, 0.15) is 5.69 Å². The first-order valence-electron chi connectivity index (χ1n) is 4.34. The first kappa shape index (κ1) is 9.09. The fourth-order valence-electron chi connectivity index (χ4n) is 1.26. The van der Waals surface area contributed by atoms with Crippen LogP contribution >= 0.6 is 0 Å². The molecule has 0 unspecified atom stereocenters. The van der Waals surface area contributed by atoms with Crippen molar-refractivity contribution in [2.24, 2.45) is 0 Å². The highest BCUT2D eigenvalue weighted by Gasteiger charge is 1.98. The molecule has 2 aromatic rings. The monoisotopic (exact) mass is 201 g/mol. The second kappa shape index (κ2) is 3.72. The topological polar surface area (TPSA) is 25.8 Å². The molecule has 0 aliphatic carbocycles. The third kappa shape index (κ3) is 1.88. The SMILES string of the molecule is Cc1cc([S-])nc(-c2ccccc2)n1. The zero-order valence-electron chi connectivity index (χ0n) is 7.77. The van der Waals surface area contributed by atoms with Gasteiger partial charge in [0.1, 0.15) is 0 Å². The fraction of sp³-hybridized carbons (Fsp3) is 0.0909. The molecular formula is C11H9N2S-. The maximum atomic E-state index is 5.04. The van der Waals surface area contributed by atoms with Gasteiger partial charge in [0.05, 0.1) is 0 Å². The Morgan fingerprint density at radius 1 is 1.07 bits per heavy atom. The van der Waals surface area contributed by atoms with Gasteiger partial charge in [0.2, 0.25) is 0 Å². The van der Waals surface area contributed by atoms with Crippen molar-refractivity contribution in [1.29, 1.82) is 0 Å². The molecular weight excluding hydrogens is 192 g/mol. The van der Waals surface area contributed by atoms with Crippen molar-refractivity contribution in [1.82, 2.24) is 9.97 Å². The van der Waals surface area contributed by atoms with Gasteiger partial charge in [-0.25, -0.2) is 4.98 Å². The largest absolute Gasteiger partial charge is 0.760 e. The lowest BCUT2D eigenvalue weighted by atomic mass is 10.2. The van der Waals surface area contributed by atoms with Gasteiger partial charge in [-0.1, -0.05) is 35.4 Å². The zero-order chi connectivity index (χ0) is 9.97. The van der Waals surface area contributed by atoms with E-state index < -0.39 is 0 Å². The lowest BCUT2D eigenvalue weighted by Gasteiger charge is -2.08. The van der Waals surface area contributed by atoms with Crippen molar-refractivity contribution in [2.75, 3.05) is 0 Å². The van der Waals surface area contributed by atoms with Crippen molar-refractivity contribution in [3.05, 3.63) is 42.1 Å². The van der Waals surface area contributed by atoms with E-state index in [0.29, 0.717) is 10.9 Å². The summed E-state index contributed by atoms with van der Waals surface area (Å²) >= 11 is 5.04. The number of benzene rings is 1. The minimum Gasteiger partial charge on any atom is -0.760 e. The normalized spacial score (nSPS) is 10.1. The number of aryl methyl sites for hydroxylation is 1. The zero-order valence-corrected chi connectivity index (χ0v) is 8.58. The lowest BCUT2D eigenvalue weighted by Crippen LogP contribution is -1.93. The first-order valence-corrected chi connectivity index (χ1v) is 4.74. The maximum Gasteiger partial charge on any atom is 0.157 e. The van der Waals surface area contributed by atoms with Crippen LogP contribution in [0, 0.1) is 6.92 Å². The van der Waals surface area contributed by atoms with Gasteiger partial charge in [-0.2, -0.15) is 0 Å². The summed E-state index contributed by atoms with van der Waals surface area (Å²) in [7, 11) is 0. The van der Waals surface area contributed by atoms with E-state index in [-0.39, 0.29) is 0 Å². The lowest BCUT2D eigenvalue weighted by molar-refractivity contribution is 1.02. The summed E-state index contributed by atoms with van der Waals surface area (Å²) in [5, 5.41) is 0.594. The minimum absolute atomic E-state index is 0.594. The van der Waals surface area contributed by atoms with Crippen LogP contribution in [0.15, 0.2) is 41.4 Å². The number of hydrogen-bond donors (Lipinski definition) is 0. The molecule has 1 heterocycles. The molecule has 0 bridgehead atoms. The Bertz CT molecular complexity index is 420. The molecule has 0 aliphatic rings. The average molecular weight is 201 g/mol. The molecule has 0 radical (unpaired) electrons. The molecule has 1 aromatic carbocycles. The molecule has 0 saturated heterocycles. The number of hydrogen-bond acceptors (Lipinski definition) is 3. The quantitative estimate of drug-likeness (QED) is 0.523. The Morgan fingerprint density at radius 2 is 1.79 bits per heavy atom. The number of rotatable bonds is 1. The molecule has 0 saturated carbocycles. The third-order valence-electron chi connectivity index (χ3n) is 1.86. The van der Waals surface area contributed by atoms with E-state index in [1.54, 1.807) is 6.07 Å². The van der Waals surface area contributed by atoms with Gasteiger partial charge < -0.3 is 12.6 Å². The van der Waals surface area contributed by atoms with E-state index in [4.69, 9.17) is 12.6 Å². The fourth-order valence-corrected chi connectivity index (χ4v) is 1.51. The van der Waals surface area contributed by atoms with Gasteiger partial charge in [0.15, 0.2) is 5.82 Å². The average Bonchev–Trinajstić information content (AvgIpc) is 2.18. The molecule has 3 heteroatoms. The molecule has 0 amide bonds. The van der Waals surface area contributed by atoms with Gasteiger partial charge in [-0.05, 0) is 13.0 Å². The molecule has 2 rings (SSSR count). The van der Waals surface area contributed by atoms with E-state index in [1.165, 1.54) is 0 Å². The molecule has 0 atom stereocenters. The highest BCUT2D eigenvalue weighted by Crippen LogP contribution is 2.14. The van der Waals surface area contributed by atoms with E-state index in [2.05, 4.69) is 9.97 Å². The third-order valence-corrected chi connectivity index (χ3v) is 2.07. The highest BCUT2D eigenvalue weighted by atomic mass is 32.1. The van der Waals surface area contributed by atoms with Gasteiger partial charge in [0.25, 0.3) is 0 Å². The summed E-state index contributed by atoms with van der Waals surface area (Å²) in [6, 6.07) is 11.6. The first-order chi connectivity index (χ1) is 6.75. The summed E-state index contributed by atoms with van der Waals surface area (Å²) < 4.78 is 0. The maximum absolute atomic E-state index is 5.04. The summed E-state index contributed by atoms with van der Waals surface area (Å²) in [6.07, 6.45) is 0. The summed E-state index contributed by atoms with van der Waals surface area (Å²) in [5.41, 5.74) is 1.91. The molecule has 14 heavy (non-hydrogen) atoms. The van der Waals surface area contributed by atoms with E-state index in [1.807, 2.05) is 37.3 Å². The van der Waals surface area contributed by atoms with Crippen molar-refractivity contribution in [2.45, 2.75) is 11.9 Å². The standard InChI is InChI=1S/C11H10N2S/c1-8-7-10(14)13-11(12-8)9-5-3-2-4-6-9/h2-7H,1H3,(H,12,13,14)/p-1. The Labute approximate surface area is 88.4 Å². The van der Waals surface area contributed by atoms with E-state index in [0.717, 1.165) is 11.3 Å². The van der Waals surface area contributed by atoms with Crippen molar-refractivity contribution in [3.63, 3.8) is 0 Å². The van der Waals surface area contributed by atoms with Crippen molar-refractivity contribution >= 4 is 12.6 Å². The Balaban J connectivity index is 2.52. The van der Waals surface area contributed by atoms with Crippen LogP contribution in [0.2, 0.25) is 0 Å². The van der Waals surface area contributed by atoms with Crippen LogP contribution in [0.4, 0.5) is 0 Å². The van der Waals surface area contributed by atoms with E-state index in [9.17, 15) is 0 Å². The molecule has 70 valence electrons. The van der Waals surface area contributed by atoms with Crippen LogP contribution in [-0.2, 0) is 12.6 Å². The van der Waals surface area contributed by atoms with Gasteiger partial charge in [-0.15, -0.1) is 0 Å². The smallest absolute Gasteiger partial charge is 0.157 e. The predicted octanol–water partition coefficient (Wildman–Crippen LogP) is 2.36.